The fourth-order valence-corrected chi connectivity index (χ4v) is 4.63. The standard InChI is InChI=1S/C29H26Br2N4O3/c1-4-18(3)28-34-25-11-10-22(30)13-23(25)29(36)35(28)33-16-21-12-26(37-5-2)27(14-24(21)31)38-17-20-9-7-6-8-19(20)15-32/h6-14,16,18H,4-5,17H2,1-3H3/t18-/m0/s1. The van der Waals surface area contributed by atoms with Gasteiger partial charge in [-0.05, 0) is 65.7 Å². The zero-order valence-electron chi connectivity index (χ0n) is 21.2. The Labute approximate surface area is 238 Å². The highest BCUT2D eigenvalue weighted by Gasteiger charge is 2.16. The maximum absolute atomic E-state index is 13.4. The van der Waals surface area contributed by atoms with Gasteiger partial charge in [-0.25, -0.2) is 4.98 Å². The molecule has 0 fully saturated rings. The van der Waals surface area contributed by atoms with Gasteiger partial charge in [-0.1, -0.05) is 48.0 Å². The molecule has 194 valence electrons. The van der Waals surface area contributed by atoms with Crippen LogP contribution in [0.5, 0.6) is 11.5 Å². The zero-order valence-corrected chi connectivity index (χ0v) is 24.4. The summed E-state index contributed by atoms with van der Waals surface area (Å²) >= 11 is 7.04. The van der Waals surface area contributed by atoms with Crippen molar-refractivity contribution in [2.75, 3.05) is 6.61 Å². The van der Waals surface area contributed by atoms with Crippen molar-refractivity contribution >= 4 is 49.0 Å². The topological polar surface area (TPSA) is 89.5 Å². The second-order valence-electron chi connectivity index (χ2n) is 8.61. The highest BCUT2D eigenvalue weighted by Crippen LogP contribution is 2.34. The molecule has 4 rings (SSSR count). The summed E-state index contributed by atoms with van der Waals surface area (Å²) in [6.07, 6.45) is 2.42. The van der Waals surface area contributed by atoms with Gasteiger partial charge >= 0.3 is 0 Å². The maximum atomic E-state index is 13.4. The van der Waals surface area contributed by atoms with E-state index < -0.39 is 0 Å². The molecule has 7 nitrogen and oxygen atoms in total. The lowest BCUT2D eigenvalue weighted by atomic mass is 10.1. The van der Waals surface area contributed by atoms with Crippen LogP contribution < -0.4 is 15.0 Å². The fraction of sp³-hybridized carbons (Fsp3) is 0.241. The third kappa shape index (κ3) is 5.98. The van der Waals surface area contributed by atoms with Crippen LogP contribution in [0.4, 0.5) is 0 Å². The first-order chi connectivity index (χ1) is 18.4. The van der Waals surface area contributed by atoms with E-state index in [1.54, 1.807) is 24.4 Å². The number of aromatic nitrogens is 2. The van der Waals surface area contributed by atoms with Gasteiger partial charge in [0.05, 0.1) is 35.4 Å². The normalized spacial score (nSPS) is 12.0. The van der Waals surface area contributed by atoms with Gasteiger partial charge in [0, 0.05) is 26.0 Å². The Morgan fingerprint density at radius 2 is 1.87 bits per heavy atom. The number of fused-ring (bicyclic) bond motifs is 1. The van der Waals surface area contributed by atoms with Gasteiger partial charge in [-0.15, -0.1) is 0 Å². The summed E-state index contributed by atoms with van der Waals surface area (Å²) in [5.74, 6) is 1.68. The zero-order chi connectivity index (χ0) is 27.2. The van der Waals surface area contributed by atoms with Gasteiger partial charge in [0.2, 0.25) is 0 Å². The number of rotatable bonds is 9. The van der Waals surface area contributed by atoms with E-state index in [-0.39, 0.29) is 18.1 Å². The molecular formula is C29H26Br2N4O3. The number of hydrogen-bond donors (Lipinski definition) is 0. The molecular weight excluding hydrogens is 612 g/mol. The highest BCUT2D eigenvalue weighted by atomic mass is 79.9. The first-order valence-electron chi connectivity index (χ1n) is 12.2. The molecule has 9 heteroatoms. The van der Waals surface area contributed by atoms with E-state index in [4.69, 9.17) is 14.5 Å². The summed E-state index contributed by atoms with van der Waals surface area (Å²) in [5.41, 5.74) is 2.45. The summed E-state index contributed by atoms with van der Waals surface area (Å²) < 4.78 is 14.8. The van der Waals surface area contributed by atoms with Crippen LogP contribution in [0, 0.1) is 11.3 Å². The second kappa shape index (κ2) is 12.4. The van der Waals surface area contributed by atoms with Gasteiger partial charge in [0.25, 0.3) is 5.56 Å². The average Bonchev–Trinajstić information content (AvgIpc) is 2.93. The molecule has 0 aliphatic rings. The molecule has 0 saturated heterocycles. The molecule has 1 heterocycles. The molecule has 0 saturated carbocycles. The summed E-state index contributed by atoms with van der Waals surface area (Å²) in [7, 11) is 0. The summed E-state index contributed by atoms with van der Waals surface area (Å²) in [6, 6.07) is 18.6. The van der Waals surface area contributed by atoms with Crippen LogP contribution in [0.25, 0.3) is 10.9 Å². The van der Waals surface area contributed by atoms with E-state index in [0.717, 1.165) is 16.5 Å². The van der Waals surface area contributed by atoms with E-state index in [0.29, 0.717) is 50.4 Å². The van der Waals surface area contributed by atoms with Crippen LogP contribution in [0.15, 0.2) is 73.4 Å². The second-order valence-corrected chi connectivity index (χ2v) is 10.4. The Bertz CT molecular complexity index is 1610. The van der Waals surface area contributed by atoms with Gasteiger partial charge in [-0.2, -0.15) is 15.0 Å². The highest BCUT2D eigenvalue weighted by molar-refractivity contribution is 9.10. The Balaban J connectivity index is 1.72. The molecule has 0 radical (unpaired) electrons. The van der Waals surface area contributed by atoms with Crippen molar-refractivity contribution < 1.29 is 9.47 Å². The van der Waals surface area contributed by atoms with Gasteiger partial charge in [0.1, 0.15) is 12.4 Å². The average molecular weight is 638 g/mol. The van der Waals surface area contributed by atoms with Crippen LogP contribution in [0.1, 0.15) is 55.6 Å². The van der Waals surface area contributed by atoms with Crippen molar-refractivity contribution in [1.82, 2.24) is 9.66 Å². The molecule has 0 aliphatic carbocycles. The molecule has 0 unspecified atom stereocenters. The minimum atomic E-state index is -0.236. The number of halogens is 2. The van der Waals surface area contributed by atoms with E-state index in [2.05, 4.69) is 50.0 Å². The van der Waals surface area contributed by atoms with E-state index in [1.165, 1.54) is 4.68 Å². The van der Waals surface area contributed by atoms with Crippen molar-refractivity contribution in [2.45, 2.75) is 39.7 Å². The third-order valence-electron chi connectivity index (χ3n) is 6.08. The summed E-state index contributed by atoms with van der Waals surface area (Å²) in [6.45, 7) is 6.62. The molecule has 1 aromatic heterocycles. The quantitative estimate of drug-likeness (QED) is 0.182. The molecule has 0 amide bonds. The molecule has 1 atom stereocenters. The van der Waals surface area contributed by atoms with Crippen molar-refractivity contribution in [1.29, 1.82) is 5.26 Å². The van der Waals surface area contributed by atoms with E-state index >= 15 is 0 Å². The van der Waals surface area contributed by atoms with Crippen molar-refractivity contribution in [3.05, 3.63) is 96.4 Å². The molecule has 0 aliphatic heterocycles. The van der Waals surface area contributed by atoms with Crippen LogP contribution in [-0.2, 0) is 6.61 Å². The number of nitriles is 1. The van der Waals surface area contributed by atoms with Crippen LogP contribution in [0.3, 0.4) is 0 Å². The van der Waals surface area contributed by atoms with Gasteiger partial charge in [-0.3, -0.25) is 4.79 Å². The Hall–Kier alpha value is -3.48. The monoisotopic (exact) mass is 636 g/mol. The lowest BCUT2D eigenvalue weighted by Gasteiger charge is -2.15. The predicted molar refractivity (Wildman–Crippen MR) is 156 cm³/mol. The third-order valence-corrected chi connectivity index (χ3v) is 7.26. The minimum Gasteiger partial charge on any atom is -0.490 e. The van der Waals surface area contributed by atoms with E-state index in [1.807, 2.05) is 50.2 Å². The Morgan fingerprint density at radius 1 is 1.11 bits per heavy atom. The smallest absolute Gasteiger partial charge is 0.282 e. The van der Waals surface area contributed by atoms with Crippen LogP contribution >= 0.6 is 31.9 Å². The largest absolute Gasteiger partial charge is 0.490 e. The minimum absolute atomic E-state index is 0.0300. The van der Waals surface area contributed by atoms with Crippen molar-refractivity contribution in [3.8, 4) is 17.6 Å². The number of benzene rings is 3. The Morgan fingerprint density at radius 3 is 2.61 bits per heavy atom. The summed E-state index contributed by atoms with van der Waals surface area (Å²) in [4.78, 5) is 18.2. The van der Waals surface area contributed by atoms with Gasteiger partial charge in [0.15, 0.2) is 11.5 Å². The molecule has 4 aromatic rings. The first kappa shape index (κ1) is 27.6. The maximum Gasteiger partial charge on any atom is 0.282 e. The number of nitrogens with zero attached hydrogens (tertiary/aromatic N) is 4. The van der Waals surface area contributed by atoms with Crippen LogP contribution in [0.2, 0.25) is 0 Å². The van der Waals surface area contributed by atoms with Crippen molar-refractivity contribution in [3.63, 3.8) is 0 Å². The van der Waals surface area contributed by atoms with E-state index in [9.17, 15) is 10.1 Å². The van der Waals surface area contributed by atoms with Crippen LogP contribution in [-0.4, -0.2) is 22.5 Å². The lowest BCUT2D eigenvalue weighted by Crippen LogP contribution is -2.23. The fourth-order valence-electron chi connectivity index (χ4n) is 3.84. The molecule has 0 spiro atoms. The number of hydrogen-bond acceptors (Lipinski definition) is 6. The molecule has 0 N–H and O–H groups in total. The first-order valence-corrected chi connectivity index (χ1v) is 13.8. The lowest BCUT2D eigenvalue weighted by molar-refractivity contribution is 0.269. The Kier molecular flexibility index (Phi) is 8.97. The molecule has 3 aromatic carbocycles. The van der Waals surface area contributed by atoms with Gasteiger partial charge < -0.3 is 9.47 Å². The number of ether oxygens (including phenoxy) is 2. The predicted octanol–water partition coefficient (Wildman–Crippen LogP) is 7.17. The summed E-state index contributed by atoms with van der Waals surface area (Å²) in [5, 5.41) is 14.4. The van der Waals surface area contributed by atoms with Crippen molar-refractivity contribution in [2.24, 2.45) is 5.10 Å². The SMILES string of the molecule is CCOc1cc(C=Nn2c([C@@H](C)CC)nc3ccc(Br)cc3c2=O)c(Br)cc1OCc1ccccc1C#N. The molecule has 0 bridgehead atoms. The molecule has 38 heavy (non-hydrogen) atoms.